The van der Waals surface area contributed by atoms with Crippen molar-refractivity contribution in [2.24, 2.45) is 0 Å². The van der Waals surface area contributed by atoms with E-state index in [9.17, 15) is 20.4 Å². The van der Waals surface area contributed by atoms with Gasteiger partial charge < -0.3 is 29.9 Å². The van der Waals surface area contributed by atoms with Crippen LogP contribution in [-0.2, 0) is 4.74 Å². The molecule has 9 heteroatoms. The summed E-state index contributed by atoms with van der Waals surface area (Å²) in [6.45, 7) is -0.520. The Balaban J connectivity index is 1.90. The molecule has 1 aliphatic heterocycles. The molecule has 0 unspecified atom stereocenters. The summed E-state index contributed by atoms with van der Waals surface area (Å²) in [5.41, 5.74) is 0.689. The highest BCUT2D eigenvalue weighted by Gasteiger charge is 2.44. The number of nitrogens with zero attached hydrogens (tertiary/aromatic N) is 1. The molecule has 23 heavy (non-hydrogen) atoms. The minimum atomic E-state index is -1.50. The van der Waals surface area contributed by atoms with E-state index in [1.165, 1.54) is 10.3 Å². The van der Waals surface area contributed by atoms with Crippen LogP contribution in [0.5, 0.6) is 5.75 Å². The van der Waals surface area contributed by atoms with E-state index in [0.717, 1.165) is 4.47 Å². The van der Waals surface area contributed by atoms with Crippen molar-refractivity contribution in [1.82, 2.24) is 4.09 Å². The van der Waals surface area contributed by atoms with Gasteiger partial charge in [0.25, 0.3) is 0 Å². The second-order valence-electron chi connectivity index (χ2n) is 5.28. The number of rotatable bonds is 3. The standard InChI is InChI=1S/C14H15BrClNO6/c15-6-1-2-8-7(3-6)9(4-17(8)16)22-14-13(21)12(20)11(19)10(5-18)23-14/h1-4,10-14,18-21H,5H2/t10-,11+,12+,13-,14-/m1/s1. The van der Waals surface area contributed by atoms with Gasteiger partial charge in [0.1, 0.15) is 30.2 Å². The molecule has 3 rings (SSSR count). The monoisotopic (exact) mass is 407 g/mol. The topological polar surface area (TPSA) is 104 Å². The number of aromatic nitrogens is 1. The van der Waals surface area contributed by atoms with E-state index in [1.807, 2.05) is 6.07 Å². The lowest BCUT2D eigenvalue weighted by molar-refractivity contribution is -0.277. The van der Waals surface area contributed by atoms with Crippen molar-refractivity contribution in [3.05, 3.63) is 28.9 Å². The predicted molar refractivity (Wildman–Crippen MR) is 85.3 cm³/mol. The van der Waals surface area contributed by atoms with Crippen molar-refractivity contribution in [3.63, 3.8) is 0 Å². The molecule has 1 fully saturated rings. The van der Waals surface area contributed by atoms with Crippen LogP contribution in [0.1, 0.15) is 0 Å². The Hall–Kier alpha value is -0.870. The van der Waals surface area contributed by atoms with Gasteiger partial charge in [-0.25, -0.2) is 0 Å². The molecule has 1 aliphatic rings. The molecule has 0 aliphatic carbocycles. The number of ether oxygens (including phenoxy) is 2. The van der Waals surface area contributed by atoms with Gasteiger partial charge in [0.15, 0.2) is 0 Å². The van der Waals surface area contributed by atoms with Crippen molar-refractivity contribution in [3.8, 4) is 5.75 Å². The molecule has 1 aromatic heterocycles. The first-order valence-corrected chi connectivity index (χ1v) is 7.99. The van der Waals surface area contributed by atoms with Gasteiger partial charge in [-0.3, -0.25) is 4.09 Å². The molecular formula is C14H15BrClNO6. The number of hydrogen-bond acceptors (Lipinski definition) is 6. The van der Waals surface area contributed by atoms with Gasteiger partial charge in [-0.15, -0.1) is 0 Å². The molecule has 0 bridgehead atoms. The molecule has 1 aromatic carbocycles. The Morgan fingerprint density at radius 2 is 1.96 bits per heavy atom. The molecule has 0 amide bonds. The Morgan fingerprint density at radius 1 is 1.22 bits per heavy atom. The van der Waals surface area contributed by atoms with Gasteiger partial charge in [0, 0.05) is 21.6 Å². The summed E-state index contributed by atoms with van der Waals surface area (Å²) >= 11 is 9.44. The van der Waals surface area contributed by atoms with Crippen molar-refractivity contribution >= 4 is 38.6 Å². The summed E-state index contributed by atoms with van der Waals surface area (Å²) in [6, 6.07) is 5.39. The molecule has 7 nitrogen and oxygen atoms in total. The summed E-state index contributed by atoms with van der Waals surface area (Å²) in [5.74, 6) is 0.334. The van der Waals surface area contributed by atoms with Crippen LogP contribution >= 0.6 is 27.7 Å². The smallest absolute Gasteiger partial charge is 0.229 e. The molecule has 1 saturated heterocycles. The molecule has 2 heterocycles. The van der Waals surface area contributed by atoms with Crippen molar-refractivity contribution in [2.75, 3.05) is 6.61 Å². The molecule has 2 aromatic rings. The van der Waals surface area contributed by atoms with Crippen LogP contribution in [0.15, 0.2) is 28.9 Å². The van der Waals surface area contributed by atoms with Gasteiger partial charge in [0.2, 0.25) is 6.29 Å². The normalized spacial score (nSPS) is 31.5. The summed E-state index contributed by atoms with van der Waals surface area (Å²) in [4.78, 5) is 0. The zero-order valence-electron chi connectivity index (χ0n) is 11.7. The van der Waals surface area contributed by atoms with Crippen LogP contribution in [0.4, 0.5) is 0 Å². The second kappa shape index (κ2) is 6.56. The first kappa shape index (κ1) is 17.0. The largest absolute Gasteiger partial charge is 0.460 e. The third-order valence-corrected chi connectivity index (χ3v) is 4.55. The maximum atomic E-state index is 10.0. The molecule has 0 spiro atoms. The lowest BCUT2D eigenvalue weighted by Gasteiger charge is -2.39. The third-order valence-electron chi connectivity index (χ3n) is 3.78. The van der Waals surface area contributed by atoms with Gasteiger partial charge >= 0.3 is 0 Å². The van der Waals surface area contributed by atoms with Crippen LogP contribution in [0.25, 0.3) is 10.9 Å². The van der Waals surface area contributed by atoms with Crippen LogP contribution in [0.3, 0.4) is 0 Å². The molecule has 5 atom stereocenters. The number of hydrogen-bond donors (Lipinski definition) is 4. The van der Waals surface area contributed by atoms with E-state index in [0.29, 0.717) is 16.7 Å². The Labute approximate surface area is 144 Å². The van der Waals surface area contributed by atoms with E-state index in [4.69, 9.17) is 21.3 Å². The maximum absolute atomic E-state index is 10.0. The lowest BCUT2D eigenvalue weighted by atomic mass is 9.99. The van der Waals surface area contributed by atoms with E-state index in [2.05, 4.69) is 15.9 Å². The Morgan fingerprint density at radius 3 is 2.65 bits per heavy atom. The fourth-order valence-electron chi connectivity index (χ4n) is 2.52. The summed E-state index contributed by atoms with van der Waals surface area (Å²) < 4.78 is 13.1. The van der Waals surface area contributed by atoms with Gasteiger partial charge in [-0.05, 0) is 18.2 Å². The van der Waals surface area contributed by atoms with Crippen LogP contribution in [0, 0.1) is 0 Å². The van der Waals surface area contributed by atoms with Crippen molar-refractivity contribution in [1.29, 1.82) is 0 Å². The highest BCUT2D eigenvalue weighted by atomic mass is 79.9. The van der Waals surface area contributed by atoms with Gasteiger partial charge in [-0.2, -0.15) is 0 Å². The molecular weight excluding hydrogens is 394 g/mol. The van der Waals surface area contributed by atoms with Crippen LogP contribution in [-0.4, -0.2) is 61.8 Å². The number of aliphatic hydroxyl groups is 4. The van der Waals surface area contributed by atoms with Gasteiger partial charge in [-0.1, -0.05) is 15.9 Å². The zero-order chi connectivity index (χ0) is 16.7. The highest BCUT2D eigenvalue weighted by Crippen LogP contribution is 2.33. The maximum Gasteiger partial charge on any atom is 0.229 e. The zero-order valence-corrected chi connectivity index (χ0v) is 14.1. The highest BCUT2D eigenvalue weighted by molar-refractivity contribution is 9.10. The van der Waals surface area contributed by atoms with Crippen LogP contribution < -0.4 is 4.74 Å². The molecule has 4 N–H and O–H groups in total. The second-order valence-corrected chi connectivity index (χ2v) is 6.56. The minimum absolute atomic E-state index is 0.334. The van der Waals surface area contributed by atoms with Gasteiger partial charge in [0.05, 0.1) is 18.3 Å². The summed E-state index contributed by atoms with van der Waals surface area (Å²) in [7, 11) is 0. The molecule has 0 radical (unpaired) electrons. The van der Waals surface area contributed by atoms with Crippen molar-refractivity contribution < 1.29 is 29.9 Å². The van der Waals surface area contributed by atoms with E-state index in [1.54, 1.807) is 12.1 Å². The van der Waals surface area contributed by atoms with E-state index < -0.39 is 37.3 Å². The fourth-order valence-corrected chi connectivity index (χ4v) is 3.11. The number of halogens is 2. The Bertz CT molecular complexity index is 708. The first-order valence-electron chi connectivity index (χ1n) is 6.86. The number of benzene rings is 1. The molecule has 0 saturated carbocycles. The quantitative estimate of drug-likeness (QED) is 0.592. The fraction of sp³-hybridized carbons (Fsp3) is 0.429. The van der Waals surface area contributed by atoms with Crippen LogP contribution in [0.2, 0.25) is 0 Å². The SMILES string of the molecule is OC[C@H]1O[C@@H](Oc2cn(Cl)c3ccc(Br)cc23)[C@H](O)[C@@H](O)[C@H]1O. The number of fused-ring (bicyclic) bond motifs is 1. The molecule has 126 valence electrons. The van der Waals surface area contributed by atoms with E-state index in [-0.39, 0.29) is 0 Å². The first-order chi connectivity index (χ1) is 10.9. The van der Waals surface area contributed by atoms with E-state index >= 15 is 0 Å². The lowest BCUT2D eigenvalue weighted by Crippen LogP contribution is -2.60. The number of aliphatic hydroxyl groups excluding tert-OH is 4. The average molecular weight is 409 g/mol. The average Bonchev–Trinajstić information content (AvgIpc) is 2.83. The Kier molecular flexibility index (Phi) is 4.84. The van der Waals surface area contributed by atoms with Crippen molar-refractivity contribution in [2.45, 2.75) is 30.7 Å². The summed E-state index contributed by atoms with van der Waals surface area (Å²) in [5, 5.41) is 39.5. The predicted octanol–water partition coefficient (Wildman–Crippen LogP) is 0.584. The minimum Gasteiger partial charge on any atom is -0.460 e. The third kappa shape index (κ3) is 3.08. The summed E-state index contributed by atoms with van der Waals surface area (Å²) in [6.07, 6.45) is -5.20.